The molecule has 0 spiro atoms. The number of primary amides is 1. The molecule has 0 aliphatic carbocycles. The Balaban J connectivity index is 2.39. The van der Waals surface area contributed by atoms with Crippen molar-refractivity contribution in [2.45, 2.75) is 6.54 Å². The molecule has 0 atom stereocenters. The molecule has 4 heteroatoms. The fourth-order valence-electron chi connectivity index (χ4n) is 1.19. The highest BCUT2D eigenvalue weighted by Gasteiger charge is 1.98. The van der Waals surface area contributed by atoms with Gasteiger partial charge in [-0.15, -0.1) is 0 Å². The van der Waals surface area contributed by atoms with Gasteiger partial charge in [0.25, 0.3) is 0 Å². The molecule has 1 amide bonds. The van der Waals surface area contributed by atoms with E-state index in [1.165, 1.54) is 5.56 Å². The fraction of sp³-hybridized carbons (Fsp3) is 0.364. The average molecular weight is 224 g/mol. The van der Waals surface area contributed by atoms with Crippen LogP contribution in [0.3, 0.4) is 0 Å². The van der Waals surface area contributed by atoms with Crippen LogP contribution in [0, 0.1) is 0 Å². The van der Waals surface area contributed by atoms with E-state index in [1.807, 2.05) is 23.9 Å². The summed E-state index contributed by atoms with van der Waals surface area (Å²) < 4.78 is 0. The van der Waals surface area contributed by atoms with E-state index in [2.05, 4.69) is 11.6 Å². The van der Waals surface area contributed by atoms with Gasteiger partial charge in [0.05, 0.1) is 0 Å². The van der Waals surface area contributed by atoms with Crippen molar-refractivity contribution in [2.75, 3.05) is 18.6 Å². The van der Waals surface area contributed by atoms with Crippen molar-refractivity contribution < 1.29 is 4.79 Å². The van der Waals surface area contributed by atoms with Crippen LogP contribution in [0.1, 0.15) is 15.9 Å². The first-order valence-corrected chi connectivity index (χ1v) is 6.22. The first kappa shape index (κ1) is 12.1. The molecule has 82 valence electrons. The van der Waals surface area contributed by atoms with E-state index < -0.39 is 0 Å². The minimum atomic E-state index is -0.378. The van der Waals surface area contributed by atoms with E-state index in [1.54, 1.807) is 12.1 Å². The largest absolute Gasteiger partial charge is 0.366 e. The molecule has 0 aromatic heterocycles. The van der Waals surface area contributed by atoms with Crippen LogP contribution in [0.25, 0.3) is 0 Å². The molecule has 0 unspecified atom stereocenters. The molecular weight excluding hydrogens is 208 g/mol. The summed E-state index contributed by atoms with van der Waals surface area (Å²) in [6.45, 7) is 1.83. The molecule has 3 N–H and O–H groups in total. The maximum atomic E-state index is 10.8. The second-order valence-electron chi connectivity index (χ2n) is 3.23. The summed E-state index contributed by atoms with van der Waals surface area (Å²) in [7, 11) is 0. The summed E-state index contributed by atoms with van der Waals surface area (Å²) in [4.78, 5) is 10.8. The van der Waals surface area contributed by atoms with E-state index in [0.717, 1.165) is 18.8 Å². The first-order valence-electron chi connectivity index (χ1n) is 4.82. The number of nitrogens with two attached hydrogens (primary N) is 1. The predicted molar refractivity (Wildman–Crippen MR) is 65.0 cm³/mol. The summed E-state index contributed by atoms with van der Waals surface area (Å²) in [6.07, 6.45) is 2.09. The molecule has 3 nitrogen and oxygen atoms in total. The van der Waals surface area contributed by atoms with Gasteiger partial charge in [-0.25, -0.2) is 0 Å². The Morgan fingerprint density at radius 2 is 2.07 bits per heavy atom. The van der Waals surface area contributed by atoms with Crippen molar-refractivity contribution in [1.29, 1.82) is 0 Å². The summed E-state index contributed by atoms with van der Waals surface area (Å²) in [6, 6.07) is 7.36. The highest BCUT2D eigenvalue weighted by atomic mass is 32.2. The Morgan fingerprint density at radius 1 is 1.40 bits per heavy atom. The zero-order valence-electron chi connectivity index (χ0n) is 8.82. The molecule has 1 rings (SSSR count). The van der Waals surface area contributed by atoms with E-state index in [9.17, 15) is 4.79 Å². The Morgan fingerprint density at radius 3 is 2.60 bits per heavy atom. The van der Waals surface area contributed by atoms with Crippen LogP contribution in [0.2, 0.25) is 0 Å². The fourth-order valence-corrected chi connectivity index (χ4v) is 1.54. The van der Waals surface area contributed by atoms with Crippen LogP contribution in [0.4, 0.5) is 0 Å². The molecule has 0 aliphatic rings. The molecule has 0 saturated carbocycles. The second kappa shape index (κ2) is 6.48. The number of hydrogen-bond donors (Lipinski definition) is 2. The van der Waals surface area contributed by atoms with Gasteiger partial charge in [-0.05, 0) is 24.0 Å². The van der Waals surface area contributed by atoms with Crippen molar-refractivity contribution in [3.8, 4) is 0 Å². The standard InChI is InChI=1S/C11H16N2OS/c1-15-7-6-13-8-9-2-4-10(5-3-9)11(12)14/h2-5,13H,6-8H2,1H3,(H2,12,14). The Labute approximate surface area is 94.4 Å². The summed E-state index contributed by atoms with van der Waals surface area (Å²) in [5, 5.41) is 3.31. The van der Waals surface area contributed by atoms with Gasteiger partial charge in [0, 0.05) is 24.4 Å². The smallest absolute Gasteiger partial charge is 0.248 e. The van der Waals surface area contributed by atoms with Gasteiger partial charge in [-0.3, -0.25) is 4.79 Å². The van der Waals surface area contributed by atoms with Gasteiger partial charge in [0.15, 0.2) is 0 Å². The predicted octanol–water partition coefficient (Wildman–Crippen LogP) is 1.24. The summed E-state index contributed by atoms with van der Waals surface area (Å²) in [5.41, 5.74) is 6.87. The minimum absolute atomic E-state index is 0.378. The molecule has 0 heterocycles. The van der Waals surface area contributed by atoms with Crippen molar-refractivity contribution in [3.63, 3.8) is 0 Å². The van der Waals surface area contributed by atoms with Crippen LogP contribution in [0.5, 0.6) is 0 Å². The Bertz CT molecular complexity index is 311. The van der Waals surface area contributed by atoms with Crippen LogP contribution >= 0.6 is 11.8 Å². The Hall–Kier alpha value is -1.00. The highest BCUT2D eigenvalue weighted by molar-refractivity contribution is 7.98. The second-order valence-corrected chi connectivity index (χ2v) is 4.22. The molecular formula is C11H16N2OS. The molecule has 0 fully saturated rings. The molecule has 15 heavy (non-hydrogen) atoms. The van der Waals surface area contributed by atoms with Crippen molar-refractivity contribution in [2.24, 2.45) is 5.73 Å². The van der Waals surface area contributed by atoms with E-state index in [4.69, 9.17) is 5.73 Å². The first-order chi connectivity index (χ1) is 7.24. The van der Waals surface area contributed by atoms with Gasteiger partial charge in [0.1, 0.15) is 0 Å². The number of nitrogens with one attached hydrogen (secondary N) is 1. The maximum Gasteiger partial charge on any atom is 0.248 e. The van der Waals surface area contributed by atoms with Crippen molar-refractivity contribution in [3.05, 3.63) is 35.4 Å². The molecule has 0 radical (unpaired) electrons. The van der Waals surface area contributed by atoms with Crippen LogP contribution < -0.4 is 11.1 Å². The molecule has 0 bridgehead atoms. The quantitative estimate of drug-likeness (QED) is 0.715. The normalized spacial score (nSPS) is 10.2. The SMILES string of the molecule is CSCCNCc1ccc(C(N)=O)cc1. The van der Waals surface area contributed by atoms with Gasteiger partial charge in [-0.2, -0.15) is 11.8 Å². The Kier molecular flexibility index (Phi) is 5.21. The van der Waals surface area contributed by atoms with Crippen LogP contribution in [-0.2, 0) is 6.54 Å². The van der Waals surface area contributed by atoms with Crippen molar-refractivity contribution in [1.82, 2.24) is 5.32 Å². The monoisotopic (exact) mass is 224 g/mol. The van der Waals surface area contributed by atoms with Crippen molar-refractivity contribution >= 4 is 17.7 Å². The van der Waals surface area contributed by atoms with E-state index in [-0.39, 0.29) is 5.91 Å². The lowest BCUT2D eigenvalue weighted by atomic mass is 10.1. The minimum Gasteiger partial charge on any atom is -0.366 e. The third-order valence-corrected chi connectivity index (χ3v) is 2.66. The maximum absolute atomic E-state index is 10.8. The molecule has 0 saturated heterocycles. The third-order valence-electron chi connectivity index (χ3n) is 2.05. The number of benzene rings is 1. The van der Waals surface area contributed by atoms with Gasteiger partial charge in [-0.1, -0.05) is 12.1 Å². The van der Waals surface area contributed by atoms with E-state index in [0.29, 0.717) is 5.56 Å². The summed E-state index contributed by atoms with van der Waals surface area (Å²) >= 11 is 1.82. The molecule has 1 aromatic rings. The lowest BCUT2D eigenvalue weighted by molar-refractivity contribution is 0.100. The van der Waals surface area contributed by atoms with Gasteiger partial charge >= 0.3 is 0 Å². The van der Waals surface area contributed by atoms with E-state index >= 15 is 0 Å². The molecule has 0 aliphatic heterocycles. The van der Waals surface area contributed by atoms with Gasteiger partial charge in [0.2, 0.25) is 5.91 Å². The van der Waals surface area contributed by atoms with Crippen LogP contribution in [0.15, 0.2) is 24.3 Å². The molecule has 1 aromatic carbocycles. The number of thioether (sulfide) groups is 1. The highest BCUT2D eigenvalue weighted by Crippen LogP contribution is 2.03. The van der Waals surface area contributed by atoms with Crippen LogP contribution in [-0.4, -0.2) is 24.5 Å². The number of carbonyl (C=O) groups is 1. The number of carbonyl (C=O) groups excluding carboxylic acids is 1. The van der Waals surface area contributed by atoms with Gasteiger partial charge < -0.3 is 11.1 Å². The summed E-state index contributed by atoms with van der Waals surface area (Å²) in [5.74, 6) is 0.733. The zero-order chi connectivity index (χ0) is 11.1. The zero-order valence-corrected chi connectivity index (χ0v) is 9.64. The third kappa shape index (κ3) is 4.36. The lowest BCUT2D eigenvalue weighted by Gasteiger charge is -2.04. The number of rotatable bonds is 6. The number of hydrogen-bond acceptors (Lipinski definition) is 3. The number of amides is 1. The average Bonchev–Trinajstić information content (AvgIpc) is 2.25. The lowest BCUT2D eigenvalue weighted by Crippen LogP contribution is -2.16. The topological polar surface area (TPSA) is 55.1 Å².